The molecule has 1 amide bonds. The molecule has 126 valence electrons. The molecule has 1 aromatic heterocycles. The van der Waals surface area contributed by atoms with Crippen molar-refractivity contribution in [3.8, 4) is 5.75 Å². The van der Waals surface area contributed by atoms with Gasteiger partial charge in [0.25, 0.3) is 0 Å². The van der Waals surface area contributed by atoms with Crippen LogP contribution in [0.4, 0.5) is 10.1 Å². The summed E-state index contributed by atoms with van der Waals surface area (Å²) in [6.45, 7) is 0.454. The Balaban J connectivity index is 1.68. The molecule has 1 atom stereocenters. The zero-order valence-electron chi connectivity index (χ0n) is 13.1. The maximum Gasteiger partial charge on any atom is 0.232 e. The van der Waals surface area contributed by atoms with Gasteiger partial charge >= 0.3 is 0 Å². The molecule has 0 aliphatic carbocycles. The van der Waals surface area contributed by atoms with Gasteiger partial charge in [-0.15, -0.1) is 0 Å². The quantitative estimate of drug-likeness (QED) is 0.733. The fourth-order valence-corrected chi connectivity index (χ4v) is 3.27. The third kappa shape index (κ3) is 3.03. The van der Waals surface area contributed by atoms with Gasteiger partial charge in [-0.2, -0.15) is 0 Å². The molecule has 0 radical (unpaired) electrons. The Morgan fingerprint density at radius 1 is 1.24 bits per heavy atom. The SMILES string of the molecule is O=C(Nc1cncc2ccc(F)cc12)[C@H]1CCOc2ccc(Cl)cc21. The van der Waals surface area contributed by atoms with E-state index in [4.69, 9.17) is 16.3 Å². The van der Waals surface area contributed by atoms with Crippen LogP contribution in [0.5, 0.6) is 5.75 Å². The molecule has 0 spiro atoms. The summed E-state index contributed by atoms with van der Waals surface area (Å²) in [5, 5.41) is 4.80. The van der Waals surface area contributed by atoms with Gasteiger partial charge in [-0.1, -0.05) is 11.6 Å². The van der Waals surface area contributed by atoms with Gasteiger partial charge in [-0.3, -0.25) is 9.78 Å². The molecule has 25 heavy (non-hydrogen) atoms. The van der Waals surface area contributed by atoms with E-state index in [1.54, 1.807) is 30.5 Å². The lowest BCUT2D eigenvalue weighted by Gasteiger charge is -2.25. The Labute approximate surface area is 148 Å². The molecule has 0 saturated carbocycles. The number of halogens is 2. The first-order valence-corrected chi connectivity index (χ1v) is 8.26. The number of carbonyl (C=O) groups excluding carboxylic acids is 1. The summed E-state index contributed by atoms with van der Waals surface area (Å²) in [5.74, 6) is -0.271. The van der Waals surface area contributed by atoms with Crippen LogP contribution in [0.25, 0.3) is 10.8 Å². The van der Waals surface area contributed by atoms with Gasteiger partial charge in [-0.05, 0) is 42.8 Å². The molecule has 1 aliphatic heterocycles. The highest BCUT2D eigenvalue weighted by molar-refractivity contribution is 6.30. The molecular formula is C19H14ClFN2O2. The average molecular weight is 357 g/mol. The number of hydrogen-bond donors (Lipinski definition) is 1. The highest BCUT2D eigenvalue weighted by atomic mass is 35.5. The minimum absolute atomic E-state index is 0.189. The van der Waals surface area contributed by atoms with Crippen LogP contribution < -0.4 is 10.1 Å². The first-order chi connectivity index (χ1) is 12.1. The largest absolute Gasteiger partial charge is 0.493 e. The molecule has 6 heteroatoms. The summed E-state index contributed by atoms with van der Waals surface area (Å²) in [5.41, 5.74) is 1.24. The number of pyridine rings is 1. The van der Waals surface area contributed by atoms with Crippen LogP contribution in [0.2, 0.25) is 5.02 Å². The van der Waals surface area contributed by atoms with Gasteiger partial charge in [0.2, 0.25) is 5.91 Å². The summed E-state index contributed by atoms with van der Waals surface area (Å²) in [7, 11) is 0. The van der Waals surface area contributed by atoms with Crippen molar-refractivity contribution in [2.75, 3.05) is 11.9 Å². The Hall–Kier alpha value is -2.66. The molecule has 0 fully saturated rings. The number of benzene rings is 2. The molecule has 0 saturated heterocycles. The Morgan fingerprint density at radius 2 is 2.12 bits per heavy atom. The highest BCUT2D eigenvalue weighted by Crippen LogP contribution is 2.36. The van der Waals surface area contributed by atoms with Crippen molar-refractivity contribution in [3.05, 3.63) is 65.2 Å². The van der Waals surface area contributed by atoms with Crippen molar-refractivity contribution in [1.82, 2.24) is 4.98 Å². The lowest BCUT2D eigenvalue weighted by molar-refractivity contribution is -0.118. The number of nitrogens with zero attached hydrogens (tertiary/aromatic N) is 1. The topological polar surface area (TPSA) is 51.2 Å². The average Bonchev–Trinajstić information content (AvgIpc) is 2.61. The molecule has 0 unspecified atom stereocenters. The fourth-order valence-electron chi connectivity index (χ4n) is 3.09. The van der Waals surface area contributed by atoms with E-state index in [9.17, 15) is 9.18 Å². The van der Waals surface area contributed by atoms with E-state index in [-0.39, 0.29) is 17.6 Å². The number of carbonyl (C=O) groups is 1. The molecule has 1 aliphatic rings. The van der Waals surface area contributed by atoms with Crippen molar-refractivity contribution in [2.24, 2.45) is 0 Å². The number of aromatic nitrogens is 1. The van der Waals surface area contributed by atoms with Crippen LogP contribution in [0.3, 0.4) is 0 Å². The van der Waals surface area contributed by atoms with E-state index in [0.29, 0.717) is 34.9 Å². The molecule has 4 rings (SSSR count). The lowest BCUT2D eigenvalue weighted by Crippen LogP contribution is -2.26. The van der Waals surface area contributed by atoms with Crippen LogP contribution in [0, 0.1) is 5.82 Å². The predicted molar refractivity (Wildman–Crippen MR) is 94.6 cm³/mol. The number of anilines is 1. The predicted octanol–water partition coefficient (Wildman–Crippen LogP) is 4.53. The summed E-state index contributed by atoms with van der Waals surface area (Å²) in [6, 6.07) is 9.65. The van der Waals surface area contributed by atoms with Crippen molar-refractivity contribution < 1.29 is 13.9 Å². The van der Waals surface area contributed by atoms with Crippen molar-refractivity contribution in [2.45, 2.75) is 12.3 Å². The van der Waals surface area contributed by atoms with E-state index in [1.165, 1.54) is 18.3 Å². The number of nitrogens with one attached hydrogen (secondary N) is 1. The normalized spacial score (nSPS) is 16.2. The fraction of sp³-hybridized carbons (Fsp3) is 0.158. The lowest BCUT2D eigenvalue weighted by atomic mass is 9.92. The van der Waals surface area contributed by atoms with E-state index in [1.807, 2.05) is 0 Å². The molecule has 2 aromatic carbocycles. The molecule has 0 bridgehead atoms. The van der Waals surface area contributed by atoms with Crippen LogP contribution in [0.15, 0.2) is 48.8 Å². The summed E-state index contributed by atoms with van der Waals surface area (Å²) in [6.07, 6.45) is 3.71. The molecule has 4 nitrogen and oxygen atoms in total. The summed E-state index contributed by atoms with van der Waals surface area (Å²) < 4.78 is 19.2. The van der Waals surface area contributed by atoms with Crippen LogP contribution >= 0.6 is 11.6 Å². The van der Waals surface area contributed by atoms with Crippen LogP contribution in [0.1, 0.15) is 17.9 Å². The molecule has 3 aromatic rings. The van der Waals surface area contributed by atoms with E-state index in [2.05, 4.69) is 10.3 Å². The van der Waals surface area contributed by atoms with E-state index in [0.717, 1.165) is 10.9 Å². The zero-order valence-corrected chi connectivity index (χ0v) is 13.9. The number of hydrogen-bond acceptors (Lipinski definition) is 3. The number of fused-ring (bicyclic) bond motifs is 2. The Morgan fingerprint density at radius 3 is 3.00 bits per heavy atom. The minimum atomic E-state index is -0.383. The Bertz CT molecular complexity index is 977. The van der Waals surface area contributed by atoms with Gasteiger partial charge in [-0.25, -0.2) is 4.39 Å². The number of rotatable bonds is 2. The van der Waals surface area contributed by atoms with Crippen molar-refractivity contribution >= 4 is 34.0 Å². The van der Waals surface area contributed by atoms with E-state index < -0.39 is 0 Å². The van der Waals surface area contributed by atoms with Crippen molar-refractivity contribution in [1.29, 1.82) is 0 Å². The van der Waals surface area contributed by atoms with Crippen LogP contribution in [-0.4, -0.2) is 17.5 Å². The smallest absolute Gasteiger partial charge is 0.232 e. The second-order valence-electron chi connectivity index (χ2n) is 5.91. The van der Waals surface area contributed by atoms with Gasteiger partial charge < -0.3 is 10.1 Å². The van der Waals surface area contributed by atoms with Gasteiger partial charge in [0.1, 0.15) is 11.6 Å². The second kappa shape index (κ2) is 6.33. The highest BCUT2D eigenvalue weighted by Gasteiger charge is 2.28. The standard InChI is InChI=1S/C19H14ClFN2O2/c20-12-2-4-18-16(7-12)14(5-6-25-18)19(24)23-17-10-22-9-11-1-3-13(21)8-15(11)17/h1-4,7-10,14H,5-6H2,(H,23,24)/t14-/m0/s1. The third-order valence-electron chi connectivity index (χ3n) is 4.31. The monoisotopic (exact) mass is 356 g/mol. The summed E-state index contributed by atoms with van der Waals surface area (Å²) >= 11 is 6.06. The zero-order chi connectivity index (χ0) is 17.4. The van der Waals surface area contributed by atoms with Gasteiger partial charge in [0.05, 0.1) is 24.4 Å². The molecule has 1 N–H and O–H groups in total. The first-order valence-electron chi connectivity index (χ1n) is 7.88. The second-order valence-corrected chi connectivity index (χ2v) is 6.35. The van der Waals surface area contributed by atoms with E-state index >= 15 is 0 Å². The maximum absolute atomic E-state index is 13.6. The van der Waals surface area contributed by atoms with Crippen molar-refractivity contribution in [3.63, 3.8) is 0 Å². The first kappa shape index (κ1) is 15.8. The maximum atomic E-state index is 13.6. The van der Waals surface area contributed by atoms with Crippen LogP contribution in [-0.2, 0) is 4.79 Å². The third-order valence-corrected chi connectivity index (χ3v) is 4.54. The number of ether oxygens (including phenoxy) is 1. The number of amides is 1. The van der Waals surface area contributed by atoms with Gasteiger partial charge in [0, 0.05) is 27.6 Å². The Kier molecular flexibility index (Phi) is 4.01. The molecule has 2 heterocycles. The molecular weight excluding hydrogens is 343 g/mol. The minimum Gasteiger partial charge on any atom is -0.493 e. The van der Waals surface area contributed by atoms with Gasteiger partial charge in [0.15, 0.2) is 0 Å². The summed E-state index contributed by atoms with van der Waals surface area (Å²) in [4.78, 5) is 17.0.